The number of anilines is 1. The molecule has 0 spiro atoms. The van der Waals surface area contributed by atoms with E-state index in [1.54, 1.807) is 23.0 Å². The number of pyridine rings is 3. The maximum Gasteiger partial charge on any atom is 0.324 e. The zero-order valence-corrected chi connectivity index (χ0v) is 19.6. The number of aliphatic hydroxyl groups is 1. The van der Waals surface area contributed by atoms with Crippen molar-refractivity contribution in [2.45, 2.75) is 45.4 Å². The predicted octanol–water partition coefficient (Wildman–Crippen LogP) is 2.74. The van der Waals surface area contributed by atoms with Crippen LogP contribution in [0.5, 0.6) is 0 Å². The lowest BCUT2D eigenvalue weighted by Gasteiger charge is -2.43. The normalized spacial score (nSPS) is 17.8. The Morgan fingerprint density at radius 2 is 1.88 bits per heavy atom. The molecule has 1 atom stereocenters. The maximum absolute atomic E-state index is 13.4. The average molecular weight is 461 g/mol. The van der Waals surface area contributed by atoms with Crippen LogP contribution in [0.2, 0.25) is 0 Å². The molecule has 9 nitrogen and oxygen atoms in total. The van der Waals surface area contributed by atoms with Gasteiger partial charge >= 0.3 is 6.03 Å². The molecule has 2 aliphatic rings. The number of carbonyl (C=O) groups is 2. The van der Waals surface area contributed by atoms with Crippen molar-refractivity contribution in [3.63, 3.8) is 0 Å². The van der Waals surface area contributed by atoms with Gasteiger partial charge in [-0.25, -0.2) is 9.78 Å². The molecule has 0 radical (unpaired) electrons. The summed E-state index contributed by atoms with van der Waals surface area (Å²) in [7, 11) is 1.79. The van der Waals surface area contributed by atoms with E-state index >= 15 is 0 Å². The molecule has 3 aromatic rings. The lowest BCUT2D eigenvalue weighted by Crippen LogP contribution is -2.55. The zero-order valence-electron chi connectivity index (χ0n) is 19.6. The minimum atomic E-state index is -1.02. The van der Waals surface area contributed by atoms with Crippen LogP contribution in [-0.4, -0.2) is 74.1 Å². The number of aliphatic hydroxyl groups excluding tert-OH is 1. The number of amides is 3. The Bertz CT molecular complexity index is 1250. The highest BCUT2D eigenvalue weighted by Crippen LogP contribution is 2.37. The molecule has 3 amide bonds. The van der Waals surface area contributed by atoms with Gasteiger partial charge in [0.25, 0.3) is 5.91 Å². The molecule has 5 heterocycles. The van der Waals surface area contributed by atoms with Gasteiger partial charge in [0.15, 0.2) is 0 Å². The van der Waals surface area contributed by atoms with Gasteiger partial charge in [-0.2, -0.15) is 0 Å². The van der Waals surface area contributed by atoms with Gasteiger partial charge in [0.2, 0.25) is 0 Å². The number of rotatable bonds is 3. The maximum atomic E-state index is 13.4. The van der Waals surface area contributed by atoms with E-state index in [0.717, 1.165) is 33.7 Å². The molecule has 0 unspecified atom stereocenters. The minimum absolute atomic E-state index is 0.0792. The van der Waals surface area contributed by atoms with Gasteiger partial charge in [-0.3, -0.25) is 19.7 Å². The van der Waals surface area contributed by atoms with Crippen LogP contribution < -0.4 is 4.90 Å². The third kappa shape index (κ3) is 3.86. The second kappa shape index (κ2) is 8.64. The summed E-state index contributed by atoms with van der Waals surface area (Å²) in [6, 6.07) is 7.64. The molecular weight excluding hydrogens is 432 g/mol. The fraction of sp³-hybridized carbons (Fsp3) is 0.400. The molecule has 34 heavy (non-hydrogen) atoms. The highest BCUT2D eigenvalue weighted by atomic mass is 16.3. The van der Waals surface area contributed by atoms with Crippen LogP contribution in [-0.2, 0) is 11.3 Å². The Kier molecular flexibility index (Phi) is 5.65. The smallest absolute Gasteiger partial charge is 0.324 e. The fourth-order valence-electron chi connectivity index (χ4n) is 4.81. The van der Waals surface area contributed by atoms with E-state index in [9.17, 15) is 14.7 Å². The van der Waals surface area contributed by atoms with Gasteiger partial charge in [0.1, 0.15) is 11.6 Å². The number of fused-ring (bicyclic) bond motifs is 3. The molecule has 0 bridgehead atoms. The number of nitrogens with zero attached hydrogens (tertiary/aromatic N) is 6. The zero-order chi connectivity index (χ0) is 24.0. The summed E-state index contributed by atoms with van der Waals surface area (Å²) in [4.78, 5) is 44.8. The number of carbonyl (C=O) groups excluding carboxylic acids is 2. The first-order chi connectivity index (χ1) is 16.3. The second-order valence-corrected chi connectivity index (χ2v) is 9.13. The molecule has 5 rings (SSSR count). The SMILES string of the molecule is Cc1ccc(-c2ccc3ncc4c(c3n2)N(C2CCN(C(=O)[C@@H](C)O)CC2)C(=O)N(C)C4)cn1. The van der Waals surface area contributed by atoms with Crippen LogP contribution in [0.1, 0.15) is 31.0 Å². The molecule has 2 aliphatic heterocycles. The van der Waals surface area contributed by atoms with Gasteiger partial charge in [-0.05, 0) is 51.0 Å². The van der Waals surface area contributed by atoms with Crippen molar-refractivity contribution < 1.29 is 14.7 Å². The molecule has 1 saturated heterocycles. The predicted molar refractivity (Wildman–Crippen MR) is 128 cm³/mol. The Morgan fingerprint density at radius 1 is 1.12 bits per heavy atom. The van der Waals surface area contributed by atoms with Crippen molar-refractivity contribution in [2.75, 3.05) is 25.0 Å². The molecule has 176 valence electrons. The van der Waals surface area contributed by atoms with Gasteiger partial charge in [0, 0.05) is 55.4 Å². The Balaban J connectivity index is 1.56. The van der Waals surface area contributed by atoms with Gasteiger partial charge in [0.05, 0.1) is 23.4 Å². The lowest BCUT2D eigenvalue weighted by atomic mass is 9.99. The van der Waals surface area contributed by atoms with E-state index in [1.807, 2.05) is 42.3 Å². The Morgan fingerprint density at radius 3 is 2.56 bits per heavy atom. The molecule has 1 N–H and O–H groups in total. The first-order valence-corrected chi connectivity index (χ1v) is 11.6. The van der Waals surface area contributed by atoms with Crippen molar-refractivity contribution >= 4 is 28.7 Å². The molecule has 3 aromatic heterocycles. The van der Waals surface area contributed by atoms with Crippen LogP contribution >= 0.6 is 0 Å². The van der Waals surface area contributed by atoms with Crippen molar-refractivity contribution in [3.8, 4) is 11.3 Å². The van der Waals surface area contributed by atoms with Crippen molar-refractivity contribution in [2.24, 2.45) is 0 Å². The first kappa shape index (κ1) is 22.2. The summed E-state index contributed by atoms with van der Waals surface area (Å²) >= 11 is 0. The van der Waals surface area contributed by atoms with Gasteiger partial charge in [-0.1, -0.05) is 0 Å². The van der Waals surface area contributed by atoms with Crippen molar-refractivity contribution in [1.82, 2.24) is 24.8 Å². The van der Waals surface area contributed by atoms with E-state index in [1.165, 1.54) is 6.92 Å². The molecule has 0 saturated carbocycles. The number of piperidine rings is 1. The van der Waals surface area contributed by atoms with Gasteiger partial charge < -0.3 is 14.9 Å². The number of urea groups is 1. The largest absolute Gasteiger partial charge is 0.384 e. The van der Waals surface area contributed by atoms with Crippen LogP contribution in [0.4, 0.5) is 10.5 Å². The molecular formula is C25H28N6O3. The van der Waals surface area contributed by atoms with Crippen molar-refractivity contribution in [3.05, 3.63) is 47.9 Å². The fourth-order valence-corrected chi connectivity index (χ4v) is 4.81. The molecule has 9 heteroatoms. The number of hydrogen-bond donors (Lipinski definition) is 1. The number of aryl methyl sites for hydroxylation is 1. The minimum Gasteiger partial charge on any atom is -0.384 e. The molecule has 1 fully saturated rings. The number of aromatic nitrogens is 3. The van der Waals surface area contributed by atoms with Crippen LogP contribution in [0.25, 0.3) is 22.3 Å². The summed E-state index contributed by atoms with van der Waals surface area (Å²) in [5.41, 5.74) is 5.79. The molecule has 0 aromatic carbocycles. The number of hydrogen-bond acceptors (Lipinski definition) is 6. The molecule has 0 aliphatic carbocycles. The third-order valence-electron chi connectivity index (χ3n) is 6.65. The number of likely N-dealkylation sites (tertiary alicyclic amines) is 1. The Labute approximate surface area is 198 Å². The second-order valence-electron chi connectivity index (χ2n) is 9.13. The first-order valence-electron chi connectivity index (χ1n) is 11.6. The van der Waals surface area contributed by atoms with E-state index < -0.39 is 6.10 Å². The monoisotopic (exact) mass is 460 g/mol. The topological polar surface area (TPSA) is 103 Å². The highest BCUT2D eigenvalue weighted by Gasteiger charge is 2.38. The third-order valence-corrected chi connectivity index (χ3v) is 6.65. The summed E-state index contributed by atoms with van der Waals surface area (Å²) in [5.74, 6) is -0.270. The van der Waals surface area contributed by atoms with Crippen molar-refractivity contribution in [1.29, 1.82) is 0 Å². The van der Waals surface area contributed by atoms with E-state index in [0.29, 0.717) is 38.0 Å². The summed E-state index contributed by atoms with van der Waals surface area (Å²) < 4.78 is 0. The van der Waals surface area contributed by atoms with Crippen LogP contribution in [0, 0.1) is 6.92 Å². The van der Waals surface area contributed by atoms with Gasteiger partial charge in [-0.15, -0.1) is 0 Å². The summed E-state index contributed by atoms with van der Waals surface area (Å²) in [6.07, 6.45) is 3.87. The van der Waals surface area contributed by atoms with E-state index in [2.05, 4.69) is 9.97 Å². The Hall–Kier alpha value is -3.59. The average Bonchev–Trinajstić information content (AvgIpc) is 2.84. The standard InChI is InChI=1S/C25H28N6O3/c1-15-4-5-17(12-26-15)20-6-7-21-22(28-20)23-18(13-27-21)14-29(3)25(34)31(23)19-8-10-30(11-9-19)24(33)16(2)32/h4-7,12-13,16,19,32H,8-11,14H2,1-3H3/t16-/m1/s1. The van der Waals surface area contributed by atoms with E-state index in [-0.39, 0.29) is 18.0 Å². The van der Waals surface area contributed by atoms with Crippen LogP contribution in [0.3, 0.4) is 0 Å². The lowest BCUT2D eigenvalue weighted by molar-refractivity contribution is -0.140. The summed E-state index contributed by atoms with van der Waals surface area (Å²) in [5, 5.41) is 9.67. The quantitative estimate of drug-likeness (QED) is 0.645. The summed E-state index contributed by atoms with van der Waals surface area (Å²) in [6.45, 7) is 4.88. The van der Waals surface area contributed by atoms with Crippen LogP contribution in [0.15, 0.2) is 36.7 Å². The highest BCUT2D eigenvalue weighted by molar-refractivity contribution is 6.04. The van der Waals surface area contributed by atoms with E-state index in [4.69, 9.17) is 4.98 Å².